The van der Waals surface area contributed by atoms with Crippen LogP contribution in [0.2, 0.25) is 0 Å². The van der Waals surface area contributed by atoms with Crippen LogP contribution in [0.5, 0.6) is 0 Å². The minimum absolute atomic E-state index is 0.216. The third-order valence-corrected chi connectivity index (χ3v) is 4.66. The molecular weight excluding hydrogens is 348 g/mol. The molecule has 0 amide bonds. The minimum Gasteiger partial charge on any atom is -0.394 e. The summed E-state index contributed by atoms with van der Waals surface area (Å²) >= 11 is 0. The predicted octanol–water partition coefficient (Wildman–Crippen LogP) is 6.28. The van der Waals surface area contributed by atoms with Crippen LogP contribution in [-0.2, 0) is 4.74 Å². The SMILES string of the molecule is CC(C)=CCC/C(C)=C/CC/C(C)=C/CC/C(C)=C/CCCOCC(O)CO. The highest BCUT2D eigenvalue weighted by atomic mass is 16.5. The van der Waals surface area contributed by atoms with Gasteiger partial charge in [0.25, 0.3) is 0 Å². The number of aliphatic hydroxyl groups is 2. The van der Waals surface area contributed by atoms with Crippen LogP contribution in [0.3, 0.4) is 0 Å². The number of rotatable bonds is 16. The van der Waals surface area contributed by atoms with Gasteiger partial charge in [0.05, 0.1) is 13.2 Å². The van der Waals surface area contributed by atoms with E-state index in [1.807, 2.05) is 0 Å². The van der Waals surface area contributed by atoms with Crippen molar-refractivity contribution in [3.63, 3.8) is 0 Å². The van der Waals surface area contributed by atoms with Gasteiger partial charge in [-0.05, 0) is 86.0 Å². The molecular formula is C25H44O3. The van der Waals surface area contributed by atoms with Gasteiger partial charge in [-0.15, -0.1) is 0 Å². The Morgan fingerprint density at radius 3 is 1.68 bits per heavy atom. The summed E-state index contributed by atoms with van der Waals surface area (Å²) in [5.41, 5.74) is 5.81. The summed E-state index contributed by atoms with van der Waals surface area (Å²) in [6.07, 6.45) is 17.4. The Morgan fingerprint density at radius 1 is 0.750 bits per heavy atom. The Hall–Kier alpha value is -1.16. The van der Waals surface area contributed by atoms with Crippen molar-refractivity contribution < 1.29 is 14.9 Å². The summed E-state index contributed by atoms with van der Waals surface area (Å²) in [4.78, 5) is 0. The van der Waals surface area contributed by atoms with Gasteiger partial charge < -0.3 is 14.9 Å². The van der Waals surface area contributed by atoms with E-state index in [1.165, 1.54) is 28.7 Å². The molecule has 0 radical (unpaired) electrons. The molecule has 1 atom stereocenters. The first-order valence-electron chi connectivity index (χ1n) is 10.8. The lowest BCUT2D eigenvalue weighted by molar-refractivity contribution is 0.00585. The van der Waals surface area contributed by atoms with Crippen LogP contribution in [0.15, 0.2) is 46.6 Å². The van der Waals surface area contributed by atoms with E-state index >= 15 is 0 Å². The fraction of sp³-hybridized carbons (Fsp3) is 0.680. The van der Waals surface area contributed by atoms with E-state index in [1.54, 1.807) is 0 Å². The van der Waals surface area contributed by atoms with Crippen LogP contribution in [0.1, 0.15) is 86.0 Å². The molecule has 0 aliphatic rings. The van der Waals surface area contributed by atoms with Crippen LogP contribution in [0, 0.1) is 0 Å². The van der Waals surface area contributed by atoms with Crippen molar-refractivity contribution >= 4 is 0 Å². The zero-order chi connectivity index (χ0) is 21.2. The van der Waals surface area contributed by atoms with Crippen molar-refractivity contribution in [2.75, 3.05) is 19.8 Å². The lowest BCUT2D eigenvalue weighted by Crippen LogP contribution is -2.19. The molecule has 0 aromatic rings. The normalized spacial score (nSPS) is 14.3. The lowest BCUT2D eigenvalue weighted by Gasteiger charge is -2.07. The third-order valence-electron chi connectivity index (χ3n) is 4.66. The molecule has 0 fully saturated rings. The second-order valence-corrected chi connectivity index (χ2v) is 8.10. The predicted molar refractivity (Wildman–Crippen MR) is 122 cm³/mol. The zero-order valence-electron chi connectivity index (χ0n) is 19.0. The fourth-order valence-electron chi connectivity index (χ4n) is 2.79. The highest BCUT2D eigenvalue weighted by Gasteiger charge is 2.00. The van der Waals surface area contributed by atoms with Gasteiger partial charge in [-0.2, -0.15) is 0 Å². The Morgan fingerprint density at radius 2 is 1.21 bits per heavy atom. The molecule has 3 nitrogen and oxygen atoms in total. The van der Waals surface area contributed by atoms with E-state index in [0.717, 1.165) is 44.9 Å². The van der Waals surface area contributed by atoms with Gasteiger partial charge in [0.1, 0.15) is 6.10 Å². The van der Waals surface area contributed by atoms with Gasteiger partial charge in [-0.3, -0.25) is 0 Å². The van der Waals surface area contributed by atoms with Crippen LogP contribution in [0.4, 0.5) is 0 Å². The molecule has 0 aliphatic carbocycles. The van der Waals surface area contributed by atoms with Crippen molar-refractivity contribution in [1.82, 2.24) is 0 Å². The molecule has 28 heavy (non-hydrogen) atoms. The fourth-order valence-corrected chi connectivity index (χ4v) is 2.79. The summed E-state index contributed by atoms with van der Waals surface area (Å²) in [6, 6.07) is 0. The number of hydrogen-bond donors (Lipinski definition) is 2. The van der Waals surface area contributed by atoms with Crippen LogP contribution in [0.25, 0.3) is 0 Å². The minimum atomic E-state index is -0.755. The van der Waals surface area contributed by atoms with Crippen molar-refractivity contribution in [2.45, 2.75) is 92.1 Å². The number of aliphatic hydroxyl groups excluding tert-OH is 2. The van der Waals surface area contributed by atoms with E-state index < -0.39 is 6.10 Å². The molecule has 1 unspecified atom stereocenters. The maximum Gasteiger partial charge on any atom is 0.100 e. The number of allylic oxidation sites excluding steroid dienone is 8. The van der Waals surface area contributed by atoms with Gasteiger partial charge >= 0.3 is 0 Å². The molecule has 2 N–H and O–H groups in total. The van der Waals surface area contributed by atoms with E-state index in [4.69, 9.17) is 9.84 Å². The third kappa shape index (κ3) is 18.2. The van der Waals surface area contributed by atoms with Gasteiger partial charge in [0, 0.05) is 6.61 Å². The second kappa shape index (κ2) is 17.9. The molecule has 0 aromatic heterocycles. The van der Waals surface area contributed by atoms with Crippen LogP contribution >= 0.6 is 0 Å². The van der Waals surface area contributed by atoms with E-state index in [-0.39, 0.29) is 13.2 Å². The quantitative estimate of drug-likeness (QED) is 0.240. The van der Waals surface area contributed by atoms with Crippen molar-refractivity contribution in [3.8, 4) is 0 Å². The Bertz CT molecular complexity index is 508. The molecule has 3 heteroatoms. The molecule has 0 saturated carbocycles. The molecule has 0 bridgehead atoms. The summed E-state index contributed by atoms with van der Waals surface area (Å²) in [6.45, 7) is 11.6. The van der Waals surface area contributed by atoms with Crippen molar-refractivity contribution in [2.24, 2.45) is 0 Å². The van der Waals surface area contributed by atoms with Crippen molar-refractivity contribution in [3.05, 3.63) is 46.6 Å². The molecule has 162 valence electrons. The summed E-state index contributed by atoms with van der Waals surface area (Å²) in [7, 11) is 0. The van der Waals surface area contributed by atoms with Gasteiger partial charge in [-0.25, -0.2) is 0 Å². The summed E-state index contributed by atoms with van der Waals surface area (Å²) < 4.78 is 5.31. The first kappa shape index (κ1) is 26.8. The molecule has 0 rings (SSSR count). The van der Waals surface area contributed by atoms with Crippen LogP contribution in [-0.4, -0.2) is 36.1 Å². The average molecular weight is 393 g/mol. The van der Waals surface area contributed by atoms with E-state index in [9.17, 15) is 5.11 Å². The molecule has 0 spiro atoms. The van der Waals surface area contributed by atoms with Gasteiger partial charge in [0.15, 0.2) is 0 Å². The van der Waals surface area contributed by atoms with E-state index in [2.05, 4.69) is 58.9 Å². The number of unbranched alkanes of at least 4 members (excludes halogenated alkanes) is 1. The summed E-state index contributed by atoms with van der Waals surface area (Å²) in [5, 5.41) is 17.9. The highest BCUT2D eigenvalue weighted by molar-refractivity contribution is 5.07. The Balaban J connectivity index is 3.87. The standard InChI is InChI=1S/C25H44O3/c1-21(2)11-8-13-23(4)15-10-17-24(5)16-9-14-22(3)12-6-7-18-28-20-25(27)19-26/h11-12,15-16,25-27H,6-10,13-14,17-20H2,1-5H3/b22-12+,23-15+,24-16+. The highest BCUT2D eigenvalue weighted by Crippen LogP contribution is 2.14. The monoisotopic (exact) mass is 392 g/mol. The number of hydrogen-bond acceptors (Lipinski definition) is 3. The first-order valence-corrected chi connectivity index (χ1v) is 10.8. The first-order chi connectivity index (χ1) is 13.3. The Kier molecular flexibility index (Phi) is 17.2. The average Bonchev–Trinajstić information content (AvgIpc) is 2.63. The van der Waals surface area contributed by atoms with Gasteiger partial charge in [-0.1, -0.05) is 46.6 Å². The van der Waals surface area contributed by atoms with Crippen molar-refractivity contribution in [1.29, 1.82) is 0 Å². The maximum atomic E-state index is 9.18. The molecule has 0 aliphatic heterocycles. The molecule has 0 heterocycles. The lowest BCUT2D eigenvalue weighted by atomic mass is 10.0. The molecule has 0 aromatic carbocycles. The molecule has 0 saturated heterocycles. The van der Waals surface area contributed by atoms with Crippen LogP contribution < -0.4 is 0 Å². The zero-order valence-corrected chi connectivity index (χ0v) is 19.0. The number of ether oxygens (including phenoxy) is 1. The summed E-state index contributed by atoms with van der Waals surface area (Å²) in [5.74, 6) is 0. The topological polar surface area (TPSA) is 49.7 Å². The largest absolute Gasteiger partial charge is 0.394 e. The Labute approximate surface area is 173 Å². The van der Waals surface area contributed by atoms with E-state index in [0.29, 0.717) is 6.61 Å². The van der Waals surface area contributed by atoms with Gasteiger partial charge in [0.2, 0.25) is 0 Å². The second-order valence-electron chi connectivity index (χ2n) is 8.10. The smallest absolute Gasteiger partial charge is 0.100 e. The maximum absolute atomic E-state index is 9.18.